The Morgan fingerprint density at radius 2 is 1.82 bits per heavy atom. The van der Waals surface area contributed by atoms with Gasteiger partial charge in [-0.15, -0.1) is 0 Å². The topological polar surface area (TPSA) is 46.2 Å². The van der Waals surface area contributed by atoms with Crippen molar-refractivity contribution in [2.75, 3.05) is 5.32 Å². The van der Waals surface area contributed by atoms with Crippen LogP contribution in [0.15, 0.2) is 48.5 Å². The van der Waals surface area contributed by atoms with Crippen molar-refractivity contribution in [2.24, 2.45) is 5.92 Å². The van der Waals surface area contributed by atoms with Crippen LogP contribution in [0.5, 0.6) is 0 Å². The van der Waals surface area contributed by atoms with E-state index in [-0.39, 0.29) is 23.4 Å². The number of rotatable bonds is 5. The van der Waals surface area contributed by atoms with Gasteiger partial charge < -0.3 is 5.32 Å². The highest BCUT2D eigenvalue weighted by molar-refractivity contribution is 5.97. The van der Waals surface area contributed by atoms with E-state index < -0.39 is 0 Å². The highest BCUT2D eigenvalue weighted by Crippen LogP contribution is 2.15. The maximum atomic E-state index is 12.9. The van der Waals surface area contributed by atoms with Crippen molar-refractivity contribution < 1.29 is 14.0 Å². The number of hydrogen-bond donors (Lipinski definition) is 1. The van der Waals surface area contributed by atoms with Crippen LogP contribution in [-0.2, 0) is 11.2 Å². The average molecular weight is 299 g/mol. The first-order chi connectivity index (χ1) is 10.5. The maximum absolute atomic E-state index is 12.9. The standard InChI is InChI=1S/C18H18FNO2/c1-12(10-14-6-8-16(19)9-7-14)18(22)20-17-5-3-4-15(11-17)13(2)21/h3-9,11-12H,10H2,1-2H3,(H,20,22). The molecule has 0 aliphatic rings. The molecule has 0 heterocycles. The Morgan fingerprint density at radius 1 is 1.14 bits per heavy atom. The van der Waals surface area contributed by atoms with Crippen molar-refractivity contribution in [3.8, 4) is 0 Å². The highest BCUT2D eigenvalue weighted by Gasteiger charge is 2.14. The van der Waals surface area contributed by atoms with Crippen molar-refractivity contribution in [3.05, 3.63) is 65.5 Å². The summed E-state index contributed by atoms with van der Waals surface area (Å²) in [7, 11) is 0. The molecule has 0 fully saturated rings. The zero-order valence-electron chi connectivity index (χ0n) is 12.6. The monoisotopic (exact) mass is 299 g/mol. The number of hydrogen-bond acceptors (Lipinski definition) is 2. The van der Waals surface area contributed by atoms with E-state index in [9.17, 15) is 14.0 Å². The molecule has 2 aromatic carbocycles. The fourth-order valence-electron chi connectivity index (χ4n) is 2.15. The van der Waals surface area contributed by atoms with Crippen molar-refractivity contribution in [1.29, 1.82) is 0 Å². The van der Waals surface area contributed by atoms with Gasteiger partial charge in [-0.25, -0.2) is 4.39 Å². The molecule has 0 bridgehead atoms. The van der Waals surface area contributed by atoms with Gasteiger partial charge in [0.1, 0.15) is 5.82 Å². The predicted octanol–water partition coefficient (Wildman–Crippen LogP) is 3.85. The number of benzene rings is 2. The number of nitrogens with one attached hydrogen (secondary N) is 1. The van der Waals surface area contributed by atoms with E-state index in [1.54, 1.807) is 36.4 Å². The second kappa shape index (κ2) is 6.98. The van der Waals surface area contributed by atoms with Crippen LogP contribution in [0.1, 0.15) is 29.8 Å². The molecule has 3 nitrogen and oxygen atoms in total. The lowest BCUT2D eigenvalue weighted by Crippen LogP contribution is -2.22. The van der Waals surface area contributed by atoms with Crippen molar-refractivity contribution in [3.63, 3.8) is 0 Å². The third-order valence-corrected chi connectivity index (χ3v) is 3.44. The van der Waals surface area contributed by atoms with E-state index in [1.165, 1.54) is 19.1 Å². The summed E-state index contributed by atoms with van der Waals surface area (Å²) in [5.74, 6) is -0.728. The molecule has 1 unspecified atom stereocenters. The molecule has 2 rings (SSSR count). The minimum absolute atomic E-state index is 0.0459. The molecule has 0 aliphatic carbocycles. The smallest absolute Gasteiger partial charge is 0.227 e. The second-order valence-corrected chi connectivity index (χ2v) is 5.36. The quantitative estimate of drug-likeness (QED) is 0.852. The Bertz CT molecular complexity index is 680. The number of anilines is 1. The van der Waals surface area contributed by atoms with Crippen LogP contribution in [0.25, 0.3) is 0 Å². The number of carbonyl (C=O) groups is 2. The molecular formula is C18H18FNO2. The third kappa shape index (κ3) is 4.25. The average Bonchev–Trinajstić information content (AvgIpc) is 2.49. The second-order valence-electron chi connectivity index (χ2n) is 5.36. The van der Waals surface area contributed by atoms with Crippen LogP contribution in [-0.4, -0.2) is 11.7 Å². The first-order valence-electron chi connectivity index (χ1n) is 7.12. The molecule has 2 aromatic rings. The zero-order valence-corrected chi connectivity index (χ0v) is 12.6. The Balaban J connectivity index is 2.00. The normalized spacial score (nSPS) is 11.8. The Morgan fingerprint density at radius 3 is 2.45 bits per heavy atom. The molecule has 0 saturated heterocycles. The van der Waals surface area contributed by atoms with Crippen LogP contribution in [0.4, 0.5) is 10.1 Å². The molecule has 22 heavy (non-hydrogen) atoms. The Labute approximate surface area is 129 Å². The maximum Gasteiger partial charge on any atom is 0.227 e. The Hall–Kier alpha value is -2.49. The number of halogens is 1. The van der Waals surface area contributed by atoms with Gasteiger partial charge in [0.2, 0.25) is 5.91 Å². The summed E-state index contributed by atoms with van der Waals surface area (Å²) in [6, 6.07) is 13.0. The minimum Gasteiger partial charge on any atom is -0.326 e. The van der Waals surface area contributed by atoms with E-state index in [1.807, 2.05) is 6.92 Å². The number of amides is 1. The van der Waals surface area contributed by atoms with Gasteiger partial charge in [-0.2, -0.15) is 0 Å². The van der Waals surface area contributed by atoms with E-state index in [0.717, 1.165) is 5.56 Å². The molecular weight excluding hydrogens is 281 g/mol. The van der Waals surface area contributed by atoms with E-state index in [0.29, 0.717) is 17.7 Å². The SMILES string of the molecule is CC(=O)c1cccc(NC(=O)C(C)Cc2ccc(F)cc2)c1. The summed E-state index contributed by atoms with van der Waals surface area (Å²) < 4.78 is 12.9. The highest BCUT2D eigenvalue weighted by atomic mass is 19.1. The first kappa shape index (κ1) is 15.9. The molecule has 0 aromatic heterocycles. The molecule has 0 aliphatic heterocycles. The third-order valence-electron chi connectivity index (χ3n) is 3.44. The number of ketones is 1. The van der Waals surface area contributed by atoms with Gasteiger partial charge in [-0.1, -0.05) is 31.2 Å². The fourth-order valence-corrected chi connectivity index (χ4v) is 2.15. The van der Waals surface area contributed by atoms with Crippen LogP contribution in [0, 0.1) is 11.7 Å². The minimum atomic E-state index is -0.290. The van der Waals surface area contributed by atoms with Gasteiger partial charge >= 0.3 is 0 Å². The zero-order chi connectivity index (χ0) is 16.1. The lowest BCUT2D eigenvalue weighted by atomic mass is 10.00. The van der Waals surface area contributed by atoms with E-state index >= 15 is 0 Å². The van der Waals surface area contributed by atoms with Gasteiger partial charge in [0.25, 0.3) is 0 Å². The number of carbonyl (C=O) groups excluding carboxylic acids is 2. The molecule has 0 saturated carbocycles. The van der Waals surface area contributed by atoms with E-state index in [4.69, 9.17) is 0 Å². The molecule has 1 N–H and O–H groups in total. The fraction of sp³-hybridized carbons (Fsp3) is 0.222. The van der Waals surface area contributed by atoms with Crippen molar-refractivity contribution in [1.82, 2.24) is 0 Å². The molecule has 0 spiro atoms. The molecule has 114 valence electrons. The first-order valence-corrected chi connectivity index (χ1v) is 7.12. The molecule has 1 amide bonds. The lowest BCUT2D eigenvalue weighted by molar-refractivity contribution is -0.119. The van der Waals surface area contributed by atoms with Crippen LogP contribution in [0.3, 0.4) is 0 Å². The summed E-state index contributed by atoms with van der Waals surface area (Å²) in [5.41, 5.74) is 2.06. The largest absolute Gasteiger partial charge is 0.326 e. The lowest BCUT2D eigenvalue weighted by Gasteiger charge is -2.13. The van der Waals surface area contributed by atoms with Crippen molar-refractivity contribution >= 4 is 17.4 Å². The van der Waals surface area contributed by atoms with Gasteiger partial charge in [-0.05, 0) is 43.2 Å². The van der Waals surface area contributed by atoms with Crippen LogP contribution >= 0.6 is 0 Å². The molecule has 4 heteroatoms. The molecule has 1 atom stereocenters. The summed E-state index contributed by atoms with van der Waals surface area (Å²) in [5, 5.41) is 2.80. The summed E-state index contributed by atoms with van der Waals surface area (Å²) >= 11 is 0. The Kier molecular flexibility index (Phi) is 5.04. The van der Waals surface area contributed by atoms with Crippen LogP contribution < -0.4 is 5.32 Å². The van der Waals surface area contributed by atoms with Gasteiger partial charge in [0, 0.05) is 17.2 Å². The summed E-state index contributed by atoms with van der Waals surface area (Å²) in [4.78, 5) is 23.5. The van der Waals surface area contributed by atoms with Gasteiger partial charge in [0.15, 0.2) is 5.78 Å². The van der Waals surface area contributed by atoms with Gasteiger partial charge in [-0.3, -0.25) is 9.59 Å². The predicted molar refractivity (Wildman–Crippen MR) is 84.3 cm³/mol. The van der Waals surface area contributed by atoms with E-state index in [2.05, 4.69) is 5.32 Å². The summed E-state index contributed by atoms with van der Waals surface area (Å²) in [6.07, 6.45) is 0.526. The summed E-state index contributed by atoms with van der Waals surface area (Å²) in [6.45, 7) is 3.30. The van der Waals surface area contributed by atoms with Crippen LogP contribution in [0.2, 0.25) is 0 Å². The van der Waals surface area contributed by atoms with Crippen molar-refractivity contribution in [2.45, 2.75) is 20.3 Å². The van der Waals surface area contributed by atoms with Gasteiger partial charge in [0.05, 0.1) is 0 Å². The molecule has 0 radical (unpaired) electrons. The number of Topliss-reactive ketones (excluding diaryl/α,β-unsaturated/α-hetero) is 1.